The van der Waals surface area contributed by atoms with Gasteiger partial charge >= 0.3 is 5.97 Å². The monoisotopic (exact) mass is 365 g/mol. The van der Waals surface area contributed by atoms with E-state index in [0.29, 0.717) is 0 Å². The van der Waals surface area contributed by atoms with Crippen molar-refractivity contribution in [3.63, 3.8) is 0 Å². The quantitative estimate of drug-likeness (QED) is 0.500. The van der Waals surface area contributed by atoms with Crippen molar-refractivity contribution >= 4 is 17.3 Å². The van der Waals surface area contributed by atoms with Crippen molar-refractivity contribution in [1.82, 2.24) is 4.98 Å². The molecular formula is C22H23NO2S. The number of hydrogen-bond acceptors (Lipinski definition) is 3. The number of unbranched alkanes of at least 4 members (excludes halogenated alkanes) is 2. The summed E-state index contributed by atoms with van der Waals surface area (Å²) in [5, 5.41) is 9.85. The van der Waals surface area contributed by atoms with Crippen LogP contribution in [-0.4, -0.2) is 16.1 Å². The van der Waals surface area contributed by atoms with Crippen LogP contribution in [0.1, 0.15) is 36.3 Å². The van der Waals surface area contributed by atoms with Crippen LogP contribution >= 0.6 is 11.3 Å². The zero-order valence-electron chi connectivity index (χ0n) is 14.9. The minimum Gasteiger partial charge on any atom is -0.481 e. The smallest absolute Gasteiger partial charge is 0.303 e. The second-order valence-electron chi connectivity index (χ2n) is 6.47. The van der Waals surface area contributed by atoms with Gasteiger partial charge in [-0.2, -0.15) is 0 Å². The van der Waals surface area contributed by atoms with E-state index in [9.17, 15) is 4.79 Å². The number of hydrogen-bond donors (Lipinski definition) is 1. The van der Waals surface area contributed by atoms with Gasteiger partial charge in [0.25, 0.3) is 0 Å². The summed E-state index contributed by atoms with van der Waals surface area (Å²) in [5.41, 5.74) is 4.62. The second kappa shape index (κ2) is 8.77. The van der Waals surface area contributed by atoms with E-state index in [-0.39, 0.29) is 6.42 Å². The third kappa shape index (κ3) is 4.79. The van der Waals surface area contributed by atoms with Crippen LogP contribution in [0.4, 0.5) is 0 Å². The Labute approximate surface area is 158 Å². The van der Waals surface area contributed by atoms with E-state index in [2.05, 4.69) is 55.5 Å². The Hall–Kier alpha value is -2.46. The van der Waals surface area contributed by atoms with Gasteiger partial charge in [0.1, 0.15) is 0 Å². The average Bonchev–Trinajstić information content (AvgIpc) is 3.07. The lowest BCUT2D eigenvalue weighted by Gasteiger charge is -2.03. The molecule has 0 unspecified atom stereocenters. The fourth-order valence-electron chi connectivity index (χ4n) is 2.89. The van der Waals surface area contributed by atoms with Gasteiger partial charge in [0.05, 0.1) is 15.6 Å². The molecule has 1 N–H and O–H groups in total. The molecule has 0 aliphatic rings. The molecular weight excluding hydrogens is 342 g/mol. The van der Waals surface area contributed by atoms with E-state index in [0.717, 1.165) is 41.9 Å². The zero-order valence-corrected chi connectivity index (χ0v) is 15.8. The molecule has 2 aromatic carbocycles. The van der Waals surface area contributed by atoms with Crippen LogP contribution in [-0.2, 0) is 11.2 Å². The largest absolute Gasteiger partial charge is 0.481 e. The first-order valence-corrected chi connectivity index (χ1v) is 9.79. The molecule has 0 spiro atoms. The molecule has 0 saturated heterocycles. The van der Waals surface area contributed by atoms with E-state index in [4.69, 9.17) is 10.1 Å². The summed E-state index contributed by atoms with van der Waals surface area (Å²) in [6.45, 7) is 2.09. The molecule has 3 rings (SSSR count). The Morgan fingerprint density at radius 3 is 2.38 bits per heavy atom. The maximum absolute atomic E-state index is 10.6. The van der Waals surface area contributed by atoms with Gasteiger partial charge in [-0.15, -0.1) is 11.3 Å². The lowest BCUT2D eigenvalue weighted by atomic mass is 10.1. The average molecular weight is 365 g/mol. The number of rotatable bonds is 8. The molecule has 0 atom stereocenters. The van der Waals surface area contributed by atoms with Gasteiger partial charge in [-0.05, 0) is 31.7 Å². The Morgan fingerprint density at radius 1 is 0.962 bits per heavy atom. The topological polar surface area (TPSA) is 50.2 Å². The maximum atomic E-state index is 10.6. The van der Waals surface area contributed by atoms with Crippen LogP contribution < -0.4 is 0 Å². The van der Waals surface area contributed by atoms with Crippen LogP contribution in [0.5, 0.6) is 0 Å². The van der Waals surface area contributed by atoms with Crippen molar-refractivity contribution < 1.29 is 9.90 Å². The number of nitrogens with zero attached hydrogens (tertiary/aromatic N) is 1. The SMILES string of the molecule is Cc1ccc(-c2nc(CCCCCC(=O)O)sc2-c2ccccc2)cc1. The van der Waals surface area contributed by atoms with Crippen molar-refractivity contribution in [2.45, 2.75) is 39.0 Å². The number of thiazole rings is 1. The molecule has 0 saturated carbocycles. The molecule has 26 heavy (non-hydrogen) atoms. The van der Waals surface area contributed by atoms with Crippen LogP contribution in [0.3, 0.4) is 0 Å². The summed E-state index contributed by atoms with van der Waals surface area (Å²) in [7, 11) is 0. The second-order valence-corrected chi connectivity index (χ2v) is 7.56. The minimum absolute atomic E-state index is 0.252. The fraction of sp³-hybridized carbons (Fsp3) is 0.273. The Bertz CT molecular complexity index is 854. The van der Waals surface area contributed by atoms with E-state index in [1.54, 1.807) is 11.3 Å². The molecule has 0 aliphatic carbocycles. The first kappa shape index (κ1) is 18.3. The number of aliphatic carboxylic acids is 1. The minimum atomic E-state index is -0.715. The van der Waals surface area contributed by atoms with Crippen molar-refractivity contribution in [2.24, 2.45) is 0 Å². The first-order valence-electron chi connectivity index (χ1n) is 8.97. The van der Waals surface area contributed by atoms with Gasteiger partial charge < -0.3 is 5.11 Å². The van der Waals surface area contributed by atoms with Gasteiger partial charge in [-0.3, -0.25) is 4.79 Å². The highest BCUT2D eigenvalue weighted by molar-refractivity contribution is 7.15. The summed E-state index contributed by atoms with van der Waals surface area (Å²) in [5.74, 6) is -0.715. The fourth-order valence-corrected chi connectivity index (χ4v) is 4.03. The van der Waals surface area contributed by atoms with Gasteiger partial charge in [0.2, 0.25) is 0 Å². The normalized spacial score (nSPS) is 10.8. The molecule has 0 radical (unpaired) electrons. The molecule has 3 aromatic rings. The predicted molar refractivity (Wildman–Crippen MR) is 108 cm³/mol. The highest BCUT2D eigenvalue weighted by Crippen LogP contribution is 2.37. The highest BCUT2D eigenvalue weighted by atomic mass is 32.1. The molecule has 0 bridgehead atoms. The molecule has 0 aliphatic heterocycles. The maximum Gasteiger partial charge on any atom is 0.303 e. The molecule has 1 aromatic heterocycles. The van der Waals surface area contributed by atoms with Crippen molar-refractivity contribution in [1.29, 1.82) is 0 Å². The van der Waals surface area contributed by atoms with Crippen LogP contribution in [0, 0.1) is 6.92 Å². The van der Waals surface area contributed by atoms with E-state index < -0.39 is 5.97 Å². The lowest BCUT2D eigenvalue weighted by molar-refractivity contribution is -0.137. The van der Waals surface area contributed by atoms with Crippen LogP contribution in [0.2, 0.25) is 0 Å². The van der Waals surface area contributed by atoms with Crippen molar-refractivity contribution in [2.75, 3.05) is 0 Å². The van der Waals surface area contributed by atoms with Gasteiger partial charge in [0, 0.05) is 12.0 Å². The van der Waals surface area contributed by atoms with E-state index >= 15 is 0 Å². The van der Waals surface area contributed by atoms with E-state index in [1.807, 2.05) is 6.07 Å². The number of carboxylic acid groups (broad SMARTS) is 1. The molecule has 134 valence electrons. The van der Waals surface area contributed by atoms with Gasteiger partial charge in [0.15, 0.2) is 0 Å². The first-order chi connectivity index (χ1) is 12.6. The molecule has 0 fully saturated rings. The van der Waals surface area contributed by atoms with Crippen LogP contribution in [0.25, 0.3) is 21.7 Å². The highest BCUT2D eigenvalue weighted by Gasteiger charge is 2.14. The lowest BCUT2D eigenvalue weighted by Crippen LogP contribution is -1.94. The third-order valence-electron chi connectivity index (χ3n) is 4.31. The standard InChI is InChI=1S/C22H23NO2S/c1-16-12-14-17(15-13-16)21-22(18-8-4-2-5-9-18)26-19(23-21)10-6-3-7-11-20(24)25/h2,4-5,8-9,12-15H,3,6-7,10-11H2,1H3,(H,24,25). The number of benzene rings is 2. The van der Waals surface area contributed by atoms with Crippen molar-refractivity contribution in [3.8, 4) is 21.7 Å². The Balaban J connectivity index is 1.81. The van der Waals surface area contributed by atoms with Crippen molar-refractivity contribution in [3.05, 3.63) is 65.2 Å². The van der Waals surface area contributed by atoms with E-state index in [1.165, 1.54) is 16.0 Å². The predicted octanol–water partition coefficient (Wildman–Crippen LogP) is 5.97. The Kier molecular flexibility index (Phi) is 6.18. The third-order valence-corrected chi connectivity index (χ3v) is 5.48. The Morgan fingerprint density at radius 2 is 1.69 bits per heavy atom. The summed E-state index contributed by atoms with van der Waals surface area (Å²) in [4.78, 5) is 16.7. The molecule has 3 nitrogen and oxygen atoms in total. The number of carbonyl (C=O) groups is 1. The zero-order chi connectivity index (χ0) is 18.4. The number of carboxylic acids is 1. The summed E-state index contributed by atoms with van der Waals surface area (Å²) < 4.78 is 0. The summed E-state index contributed by atoms with van der Waals surface area (Å²) in [6.07, 6.45) is 3.78. The van der Waals surface area contributed by atoms with Crippen LogP contribution in [0.15, 0.2) is 54.6 Å². The number of aryl methyl sites for hydroxylation is 2. The summed E-state index contributed by atoms with van der Waals surface area (Å²) in [6, 6.07) is 18.9. The molecule has 4 heteroatoms. The molecule has 1 heterocycles. The van der Waals surface area contributed by atoms with Gasteiger partial charge in [-0.25, -0.2) is 4.98 Å². The molecule has 0 amide bonds. The van der Waals surface area contributed by atoms with Gasteiger partial charge in [-0.1, -0.05) is 66.6 Å². The summed E-state index contributed by atoms with van der Waals surface area (Å²) >= 11 is 1.75. The number of aromatic nitrogens is 1.